The molecule has 98 valence electrons. The number of benzene rings is 1. The van der Waals surface area contributed by atoms with Gasteiger partial charge in [-0.3, -0.25) is 0 Å². The van der Waals surface area contributed by atoms with Crippen molar-refractivity contribution in [1.82, 2.24) is 0 Å². The zero-order chi connectivity index (χ0) is 13.8. The maximum absolute atomic E-state index is 8.25. The minimum atomic E-state index is 0. The average molecular weight is 284 g/mol. The Labute approximate surface area is 124 Å². The van der Waals surface area contributed by atoms with Crippen LogP contribution in [0, 0.1) is 13.8 Å². The molecule has 3 nitrogen and oxygen atoms in total. The van der Waals surface area contributed by atoms with Crippen molar-refractivity contribution >= 4 is 10.8 Å². The van der Waals surface area contributed by atoms with Crippen LogP contribution in [0.5, 0.6) is 0 Å². The maximum atomic E-state index is 8.25. The average Bonchev–Trinajstić information content (AvgIpc) is 2.90. The van der Waals surface area contributed by atoms with Gasteiger partial charge in [-0.25, -0.2) is 0 Å². The van der Waals surface area contributed by atoms with Crippen molar-refractivity contribution in [1.29, 1.82) is 0 Å². The van der Waals surface area contributed by atoms with E-state index in [2.05, 4.69) is 44.2 Å². The summed E-state index contributed by atoms with van der Waals surface area (Å²) in [6, 6.07) is 10.8. The second-order valence-electron chi connectivity index (χ2n) is 3.04. The molecule has 0 atom stereocenters. The quantitative estimate of drug-likeness (QED) is 0.509. The predicted octanol–water partition coefficient (Wildman–Crippen LogP) is 0.103. The number of fused-ring (bicyclic) bond motifs is 1. The molecule has 0 saturated heterocycles. The SMILES string of the molecule is C[O-].C[O-].C[O-].Cc1ccc2[cH-]ccc2c1C.[Ti+4]. The summed E-state index contributed by atoms with van der Waals surface area (Å²) < 4.78 is 0. The Morgan fingerprint density at radius 3 is 1.83 bits per heavy atom. The molecule has 0 amide bonds. The molecular weight excluding hydrogens is 264 g/mol. The Kier molecular flexibility index (Phi) is 18.2. The molecule has 2 aromatic carbocycles. The van der Waals surface area contributed by atoms with Crippen LogP contribution in [0.25, 0.3) is 10.8 Å². The van der Waals surface area contributed by atoms with E-state index in [0.29, 0.717) is 0 Å². The van der Waals surface area contributed by atoms with Gasteiger partial charge in [0.25, 0.3) is 0 Å². The van der Waals surface area contributed by atoms with Crippen LogP contribution < -0.4 is 15.3 Å². The molecule has 0 heterocycles. The van der Waals surface area contributed by atoms with Crippen LogP contribution in [0.2, 0.25) is 0 Å². The van der Waals surface area contributed by atoms with E-state index in [1.54, 1.807) is 0 Å². The molecule has 0 aromatic heterocycles. The molecular formula is C14H20O3Ti. The second-order valence-corrected chi connectivity index (χ2v) is 3.04. The number of hydrogen-bond donors (Lipinski definition) is 0. The summed E-state index contributed by atoms with van der Waals surface area (Å²) in [5, 5.41) is 27.5. The Bertz CT molecular complexity index is 397. The van der Waals surface area contributed by atoms with E-state index in [-0.39, 0.29) is 21.7 Å². The summed E-state index contributed by atoms with van der Waals surface area (Å²) in [5.74, 6) is 0. The van der Waals surface area contributed by atoms with Crippen LogP contribution >= 0.6 is 0 Å². The van der Waals surface area contributed by atoms with Gasteiger partial charge in [-0.05, 0) is 13.8 Å². The summed E-state index contributed by atoms with van der Waals surface area (Å²) in [4.78, 5) is 0. The van der Waals surface area contributed by atoms with Crippen LogP contribution in [-0.4, -0.2) is 21.3 Å². The molecule has 0 radical (unpaired) electrons. The van der Waals surface area contributed by atoms with Gasteiger partial charge in [0.2, 0.25) is 0 Å². The van der Waals surface area contributed by atoms with Crippen LogP contribution in [0.15, 0.2) is 30.3 Å². The first kappa shape index (κ1) is 22.6. The largest absolute Gasteiger partial charge is 4.00 e. The Morgan fingerprint density at radius 2 is 1.33 bits per heavy atom. The van der Waals surface area contributed by atoms with Gasteiger partial charge in [-0.15, -0.1) is 29.0 Å². The van der Waals surface area contributed by atoms with Crippen molar-refractivity contribution in [2.75, 3.05) is 21.3 Å². The molecule has 0 aliphatic carbocycles. The topological polar surface area (TPSA) is 69.2 Å². The Hall–Kier alpha value is -0.576. The minimum absolute atomic E-state index is 0. The van der Waals surface area contributed by atoms with E-state index >= 15 is 0 Å². The maximum Gasteiger partial charge on any atom is 4.00 e. The Morgan fingerprint density at radius 1 is 0.833 bits per heavy atom. The fourth-order valence-corrected chi connectivity index (χ4v) is 1.47. The normalized spacial score (nSPS) is 7.56. The molecule has 0 unspecified atom stereocenters. The van der Waals surface area contributed by atoms with Gasteiger partial charge < -0.3 is 15.3 Å². The molecule has 4 heteroatoms. The van der Waals surface area contributed by atoms with Gasteiger partial charge in [0.1, 0.15) is 0 Å². The second kappa shape index (κ2) is 14.5. The third kappa shape index (κ3) is 6.38. The summed E-state index contributed by atoms with van der Waals surface area (Å²) in [6.07, 6.45) is 0. The fraction of sp³-hybridized carbons (Fsp3) is 0.357. The fourth-order valence-electron chi connectivity index (χ4n) is 1.47. The van der Waals surface area contributed by atoms with Crippen LogP contribution in [0.3, 0.4) is 0 Å². The molecule has 0 saturated carbocycles. The van der Waals surface area contributed by atoms with Crippen molar-refractivity contribution in [3.05, 3.63) is 41.5 Å². The van der Waals surface area contributed by atoms with Gasteiger partial charge in [0.15, 0.2) is 0 Å². The zero-order valence-electron chi connectivity index (χ0n) is 11.6. The van der Waals surface area contributed by atoms with E-state index in [0.717, 1.165) is 21.3 Å². The van der Waals surface area contributed by atoms with Crippen LogP contribution in [0.4, 0.5) is 0 Å². The van der Waals surface area contributed by atoms with Gasteiger partial charge in [-0.2, -0.15) is 33.5 Å². The number of hydrogen-bond acceptors (Lipinski definition) is 3. The van der Waals surface area contributed by atoms with E-state index in [9.17, 15) is 0 Å². The van der Waals surface area contributed by atoms with Crippen molar-refractivity contribution in [3.63, 3.8) is 0 Å². The first-order valence-electron chi connectivity index (χ1n) is 5.13. The predicted molar refractivity (Wildman–Crippen MR) is 66.8 cm³/mol. The molecule has 2 rings (SSSR count). The molecule has 0 spiro atoms. The number of rotatable bonds is 0. The zero-order valence-corrected chi connectivity index (χ0v) is 13.2. The van der Waals surface area contributed by atoms with Gasteiger partial charge >= 0.3 is 21.7 Å². The van der Waals surface area contributed by atoms with Crippen molar-refractivity contribution in [3.8, 4) is 0 Å². The van der Waals surface area contributed by atoms with Crippen LogP contribution in [0.1, 0.15) is 11.1 Å². The van der Waals surface area contributed by atoms with Gasteiger partial charge in [0.05, 0.1) is 0 Å². The summed E-state index contributed by atoms with van der Waals surface area (Å²) >= 11 is 0. The molecule has 0 bridgehead atoms. The van der Waals surface area contributed by atoms with E-state index in [1.165, 1.54) is 21.9 Å². The molecule has 0 aliphatic rings. The van der Waals surface area contributed by atoms with E-state index in [4.69, 9.17) is 15.3 Å². The molecule has 0 fully saturated rings. The third-order valence-corrected chi connectivity index (χ3v) is 2.36. The molecule has 18 heavy (non-hydrogen) atoms. The minimum Gasteiger partial charge on any atom is -0.857 e. The van der Waals surface area contributed by atoms with Gasteiger partial charge in [-0.1, -0.05) is 11.1 Å². The molecule has 2 aromatic rings. The van der Waals surface area contributed by atoms with Gasteiger partial charge in [0, 0.05) is 0 Å². The summed E-state index contributed by atoms with van der Waals surface area (Å²) in [6.45, 7) is 4.33. The number of aryl methyl sites for hydroxylation is 2. The first-order chi connectivity index (χ1) is 8.29. The summed E-state index contributed by atoms with van der Waals surface area (Å²) in [5.41, 5.74) is 2.79. The third-order valence-electron chi connectivity index (χ3n) is 2.36. The van der Waals surface area contributed by atoms with E-state index < -0.39 is 0 Å². The smallest absolute Gasteiger partial charge is 0.857 e. The Balaban J connectivity index is -0.000000285. The summed E-state index contributed by atoms with van der Waals surface area (Å²) in [7, 11) is 2.25. The van der Waals surface area contributed by atoms with Crippen molar-refractivity contribution < 1.29 is 37.0 Å². The van der Waals surface area contributed by atoms with E-state index in [1.807, 2.05) is 0 Å². The van der Waals surface area contributed by atoms with Crippen LogP contribution in [-0.2, 0) is 21.7 Å². The van der Waals surface area contributed by atoms with Crippen molar-refractivity contribution in [2.45, 2.75) is 13.8 Å². The molecule has 0 N–H and O–H groups in total. The standard InChI is InChI=1S/C11H11.3CH3O.Ti/c1-8-6-7-10-4-3-5-11(10)9(8)2;3*1-2;/h3-7H,1-2H3;3*1H3;/q4*-1;+4. The monoisotopic (exact) mass is 284 g/mol. The van der Waals surface area contributed by atoms with Crippen molar-refractivity contribution in [2.24, 2.45) is 0 Å². The first-order valence-corrected chi connectivity index (χ1v) is 5.13. The molecule has 0 aliphatic heterocycles.